The Morgan fingerprint density at radius 3 is 2.23 bits per heavy atom. The van der Waals surface area contributed by atoms with E-state index in [9.17, 15) is 22.4 Å². The summed E-state index contributed by atoms with van der Waals surface area (Å²) in [7, 11) is -3.79. The molecule has 3 rings (SSSR count). The lowest BCUT2D eigenvalue weighted by molar-refractivity contribution is -0.139. The minimum Gasteiger partial charge on any atom is -0.352 e. The Labute approximate surface area is 214 Å². The third kappa shape index (κ3) is 7.76. The van der Waals surface area contributed by atoms with Crippen molar-refractivity contribution < 1.29 is 22.4 Å². The molecule has 35 heavy (non-hydrogen) atoms. The highest BCUT2D eigenvalue weighted by Crippen LogP contribution is 2.22. The van der Waals surface area contributed by atoms with Crippen LogP contribution in [0.1, 0.15) is 44.6 Å². The Morgan fingerprint density at radius 1 is 1.06 bits per heavy atom. The summed E-state index contributed by atoms with van der Waals surface area (Å²) >= 11 is 3.32. The molecule has 2 aromatic rings. The first-order chi connectivity index (χ1) is 16.5. The van der Waals surface area contributed by atoms with Crippen molar-refractivity contribution in [1.82, 2.24) is 10.2 Å². The number of benzene rings is 2. The number of carbonyl (C=O) groups is 2. The number of halogens is 2. The van der Waals surface area contributed by atoms with Crippen molar-refractivity contribution in [2.24, 2.45) is 0 Å². The summed E-state index contributed by atoms with van der Waals surface area (Å²) in [5, 5.41) is 3.04. The molecule has 0 heterocycles. The number of hydrogen-bond donors (Lipinski definition) is 1. The number of nitrogens with one attached hydrogen (secondary N) is 1. The van der Waals surface area contributed by atoms with Gasteiger partial charge in [0.05, 0.1) is 11.9 Å². The maximum atomic E-state index is 13.5. The number of carbonyl (C=O) groups excluding carboxylic acids is 2. The lowest BCUT2D eigenvalue weighted by atomic mass is 9.95. The molecule has 1 saturated carbocycles. The molecule has 0 aliphatic heterocycles. The van der Waals surface area contributed by atoms with Crippen LogP contribution >= 0.6 is 15.9 Å². The molecule has 190 valence electrons. The van der Waals surface area contributed by atoms with Crippen molar-refractivity contribution in [3.05, 3.63) is 64.4 Å². The van der Waals surface area contributed by atoms with Crippen LogP contribution < -0.4 is 9.62 Å². The fourth-order valence-corrected chi connectivity index (χ4v) is 5.27. The fraction of sp³-hybridized carbons (Fsp3) is 0.440. The summed E-state index contributed by atoms with van der Waals surface area (Å²) in [5.41, 5.74) is 0.969. The predicted molar refractivity (Wildman–Crippen MR) is 138 cm³/mol. The highest BCUT2D eigenvalue weighted by molar-refractivity contribution is 9.10. The molecule has 2 amide bonds. The Balaban J connectivity index is 1.85. The van der Waals surface area contributed by atoms with Crippen LogP contribution in [0.5, 0.6) is 0 Å². The predicted octanol–water partition coefficient (Wildman–Crippen LogP) is 4.22. The number of amides is 2. The van der Waals surface area contributed by atoms with Gasteiger partial charge in [-0.3, -0.25) is 13.9 Å². The first-order valence-electron chi connectivity index (χ1n) is 11.6. The van der Waals surface area contributed by atoms with Crippen LogP contribution in [0.2, 0.25) is 0 Å². The average molecular weight is 569 g/mol. The molecule has 0 spiro atoms. The van der Waals surface area contributed by atoms with Gasteiger partial charge in [0.25, 0.3) is 0 Å². The summed E-state index contributed by atoms with van der Waals surface area (Å²) in [6.07, 6.45) is 6.08. The number of sulfonamides is 1. The Morgan fingerprint density at radius 2 is 1.66 bits per heavy atom. The molecule has 1 unspecified atom stereocenters. The number of hydrogen-bond acceptors (Lipinski definition) is 4. The van der Waals surface area contributed by atoms with E-state index in [2.05, 4.69) is 21.2 Å². The van der Waals surface area contributed by atoms with E-state index in [1.54, 1.807) is 43.3 Å². The lowest BCUT2D eigenvalue weighted by Gasteiger charge is -2.33. The van der Waals surface area contributed by atoms with Crippen molar-refractivity contribution in [2.45, 2.75) is 57.7 Å². The molecule has 0 radical (unpaired) electrons. The molecule has 0 saturated heterocycles. The quantitative estimate of drug-likeness (QED) is 0.491. The van der Waals surface area contributed by atoms with Gasteiger partial charge in [0.2, 0.25) is 21.8 Å². The van der Waals surface area contributed by atoms with Crippen LogP contribution in [0, 0.1) is 5.82 Å². The van der Waals surface area contributed by atoms with Gasteiger partial charge in [-0.2, -0.15) is 0 Å². The summed E-state index contributed by atoms with van der Waals surface area (Å²) in [6, 6.07) is 11.5. The van der Waals surface area contributed by atoms with Crippen LogP contribution in [-0.4, -0.2) is 50.0 Å². The zero-order valence-electron chi connectivity index (χ0n) is 19.9. The van der Waals surface area contributed by atoms with E-state index < -0.39 is 34.3 Å². The standard InChI is InChI=1S/C25H31BrFN3O4S/c1-18(25(32)28-22-6-4-3-5-7-22)29(16-19-8-12-21(27)13-9-19)24(31)17-30(35(2,33)34)23-14-10-20(26)11-15-23/h8-15,18,22H,3-7,16-17H2,1-2H3,(H,28,32). The second-order valence-corrected chi connectivity index (χ2v) is 11.7. The van der Waals surface area contributed by atoms with E-state index in [0.29, 0.717) is 11.3 Å². The van der Waals surface area contributed by atoms with Gasteiger partial charge >= 0.3 is 0 Å². The van der Waals surface area contributed by atoms with Crippen molar-refractivity contribution >= 4 is 43.5 Å². The van der Waals surface area contributed by atoms with Crippen molar-refractivity contribution in [3.63, 3.8) is 0 Å². The molecule has 0 bridgehead atoms. The van der Waals surface area contributed by atoms with Gasteiger partial charge in [0.15, 0.2) is 0 Å². The maximum Gasteiger partial charge on any atom is 0.244 e. The van der Waals surface area contributed by atoms with Gasteiger partial charge in [-0.15, -0.1) is 0 Å². The van der Waals surface area contributed by atoms with Gasteiger partial charge < -0.3 is 10.2 Å². The molecular weight excluding hydrogens is 537 g/mol. The Hall–Kier alpha value is -2.46. The molecule has 2 aromatic carbocycles. The van der Waals surface area contributed by atoms with Crippen LogP contribution in [0.4, 0.5) is 10.1 Å². The molecule has 10 heteroatoms. The Kier molecular flexibility index (Phi) is 9.29. The first-order valence-corrected chi connectivity index (χ1v) is 14.3. The van der Waals surface area contributed by atoms with Crippen molar-refractivity contribution in [3.8, 4) is 0 Å². The van der Waals surface area contributed by atoms with Gasteiger partial charge in [0, 0.05) is 17.1 Å². The van der Waals surface area contributed by atoms with Crippen LogP contribution in [-0.2, 0) is 26.2 Å². The normalized spacial score (nSPS) is 15.3. The molecule has 1 atom stereocenters. The third-order valence-corrected chi connectivity index (χ3v) is 7.85. The van der Waals surface area contributed by atoms with Crippen molar-refractivity contribution in [2.75, 3.05) is 17.1 Å². The molecule has 0 aromatic heterocycles. The van der Waals surface area contributed by atoms with E-state index in [-0.39, 0.29) is 18.5 Å². The summed E-state index contributed by atoms with van der Waals surface area (Å²) < 4.78 is 40.3. The number of rotatable bonds is 9. The second kappa shape index (κ2) is 12.0. The molecule has 1 N–H and O–H groups in total. The van der Waals surface area contributed by atoms with Crippen LogP contribution in [0.15, 0.2) is 53.0 Å². The highest BCUT2D eigenvalue weighted by Gasteiger charge is 2.31. The minimum atomic E-state index is -3.79. The number of anilines is 1. The smallest absolute Gasteiger partial charge is 0.244 e. The molecule has 7 nitrogen and oxygen atoms in total. The number of nitrogens with zero attached hydrogens (tertiary/aromatic N) is 2. The van der Waals surface area contributed by atoms with E-state index >= 15 is 0 Å². The average Bonchev–Trinajstić information content (AvgIpc) is 2.82. The molecule has 1 aliphatic carbocycles. The third-order valence-electron chi connectivity index (χ3n) is 6.18. The van der Waals surface area contributed by atoms with Gasteiger partial charge in [0.1, 0.15) is 18.4 Å². The molecule has 1 aliphatic rings. The second-order valence-electron chi connectivity index (χ2n) is 8.91. The topological polar surface area (TPSA) is 86.8 Å². The van der Waals surface area contributed by atoms with E-state index in [1.165, 1.54) is 17.0 Å². The fourth-order valence-electron chi connectivity index (χ4n) is 4.16. The highest BCUT2D eigenvalue weighted by atomic mass is 79.9. The molecule has 1 fully saturated rings. The van der Waals surface area contributed by atoms with Crippen molar-refractivity contribution in [1.29, 1.82) is 0 Å². The van der Waals surface area contributed by atoms with Gasteiger partial charge in [-0.1, -0.05) is 47.3 Å². The first kappa shape index (κ1) is 27.1. The minimum absolute atomic E-state index is 0.0380. The van der Waals surface area contributed by atoms with E-state index in [4.69, 9.17) is 0 Å². The lowest BCUT2D eigenvalue weighted by Crippen LogP contribution is -2.52. The van der Waals surface area contributed by atoms with E-state index in [0.717, 1.165) is 47.1 Å². The zero-order valence-corrected chi connectivity index (χ0v) is 22.3. The largest absolute Gasteiger partial charge is 0.352 e. The zero-order chi connectivity index (χ0) is 25.6. The summed E-state index contributed by atoms with van der Waals surface area (Å²) in [6.45, 7) is 1.20. The van der Waals surface area contributed by atoms with Crippen LogP contribution in [0.25, 0.3) is 0 Å². The SMILES string of the molecule is CC(C(=O)NC1CCCCC1)N(Cc1ccc(F)cc1)C(=O)CN(c1ccc(Br)cc1)S(C)(=O)=O. The van der Waals surface area contributed by atoms with Crippen LogP contribution in [0.3, 0.4) is 0 Å². The van der Waals surface area contributed by atoms with E-state index in [1.807, 2.05) is 0 Å². The van der Waals surface area contributed by atoms with Gasteiger partial charge in [-0.05, 0) is 61.7 Å². The Bertz CT molecular complexity index is 1120. The summed E-state index contributed by atoms with van der Waals surface area (Å²) in [4.78, 5) is 27.9. The monoisotopic (exact) mass is 567 g/mol. The van der Waals surface area contributed by atoms with Gasteiger partial charge in [-0.25, -0.2) is 12.8 Å². The maximum absolute atomic E-state index is 13.5. The molecular formula is C25H31BrFN3O4S. The summed E-state index contributed by atoms with van der Waals surface area (Å²) in [5.74, 6) is -1.23.